The van der Waals surface area contributed by atoms with E-state index in [0.717, 1.165) is 29.5 Å². The van der Waals surface area contributed by atoms with Crippen molar-refractivity contribution in [2.24, 2.45) is 5.73 Å². The molecular formula is C69H104LuN12O16S3. The monoisotopic (exact) mass is 1630 g/mol. The third-order valence-corrected chi connectivity index (χ3v) is 21.3. The number of nitrogens with one attached hydrogen (secondary N) is 5. The molecule has 0 saturated carbocycles. The van der Waals surface area contributed by atoms with Crippen molar-refractivity contribution in [1.82, 2.24) is 56.0 Å². The number of hydrogen-bond donors (Lipinski definition) is 11. The minimum absolute atomic E-state index is 0. The van der Waals surface area contributed by atoms with Gasteiger partial charge in [0, 0.05) is 157 Å². The number of amides is 7. The molecule has 2 aromatic rings. The van der Waals surface area contributed by atoms with Gasteiger partial charge in [-0.1, -0.05) is 74.9 Å². The molecule has 0 spiro atoms. The number of unbranched alkanes of at least 4 members (excludes halogenated alkanes) is 2. The number of ketones is 1. The number of carbonyl (C=O) groups excluding carboxylic acids is 8. The number of carboxylic acid groups (broad SMARTS) is 3. The van der Waals surface area contributed by atoms with E-state index in [4.69, 9.17) is 5.73 Å². The van der Waals surface area contributed by atoms with Gasteiger partial charge in [-0.3, -0.25) is 72.4 Å². The summed E-state index contributed by atoms with van der Waals surface area (Å²) >= 11 is 4.52. The quantitative estimate of drug-likeness (QED) is 0.0471. The van der Waals surface area contributed by atoms with Crippen LogP contribution in [0.5, 0.6) is 0 Å². The molecule has 28 nitrogen and oxygen atoms in total. The average molecular weight is 1630 g/mol. The number of nitrogens with zero attached hydrogens (tertiary/aromatic N) is 6. The predicted molar refractivity (Wildman–Crippen MR) is 383 cm³/mol. The van der Waals surface area contributed by atoms with Crippen LogP contribution in [0.3, 0.4) is 0 Å². The minimum Gasteiger partial charge on any atom is -0.512 e. The summed E-state index contributed by atoms with van der Waals surface area (Å²) in [5.41, 5.74) is 8.91. The average Bonchev–Trinajstić information content (AvgIpc) is 1.70. The number of carbonyl (C=O) groups is 11. The zero-order valence-corrected chi connectivity index (χ0v) is 62.1. The van der Waals surface area contributed by atoms with E-state index in [1.807, 2.05) is 21.9 Å². The van der Waals surface area contributed by atoms with Crippen molar-refractivity contribution in [3.8, 4) is 0 Å². The van der Waals surface area contributed by atoms with Gasteiger partial charge in [0.25, 0.3) is 0 Å². The summed E-state index contributed by atoms with van der Waals surface area (Å²) in [6.07, 6.45) is 3.21. The number of nitrogens with two attached hydrogens (primary N) is 1. The topological polar surface area (TPSA) is 395 Å². The van der Waals surface area contributed by atoms with Gasteiger partial charge in [-0.2, -0.15) is 35.3 Å². The van der Waals surface area contributed by atoms with E-state index in [-0.39, 0.29) is 130 Å². The molecule has 4 heterocycles. The van der Waals surface area contributed by atoms with Crippen LogP contribution >= 0.6 is 35.3 Å². The van der Waals surface area contributed by atoms with E-state index >= 15 is 0 Å². The first-order valence-corrected chi connectivity index (χ1v) is 38.2. The molecular weight excluding hydrogens is 1520 g/mol. The zero-order valence-electron chi connectivity index (χ0n) is 58.0. The maximum Gasteiger partial charge on any atom is 0.327 e. The Balaban J connectivity index is 0.0000184. The summed E-state index contributed by atoms with van der Waals surface area (Å²) in [5, 5.41) is 64.7. The second kappa shape index (κ2) is 45.6. The number of aliphatic carboxylic acids is 3. The Labute approximate surface area is 634 Å². The first kappa shape index (κ1) is 86.0. The van der Waals surface area contributed by atoms with E-state index in [9.17, 15) is 78.3 Å². The van der Waals surface area contributed by atoms with Gasteiger partial charge >= 0.3 is 17.9 Å². The maximum absolute atomic E-state index is 14.7. The molecule has 1 radical (unpaired) electrons. The fourth-order valence-electron chi connectivity index (χ4n) is 12.8. The van der Waals surface area contributed by atoms with E-state index in [2.05, 4.69) is 51.1 Å². The Bertz CT molecular complexity index is 3060. The van der Waals surface area contributed by atoms with Crippen molar-refractivity contribution in [2.45, 2.75) is 163 Å². The van der Waals surface area contributed by atoms with Crippen LogP contribution in [0.25, 0.3) is 0 Å². The molecule has 7 amide bonds. The predicted octanol–water partition coefficient (Wildman–Crippen LogP) is 1.64. The third-order valence-electron chi connectivity index (χ3n) is 17.9. The Morgan fingerprint density at radius 1 is 0.653 bits per heavy atom. The van der Waals surface area contributed by atoms with Crippen LogP contribution in [-0.4, -0.2) is 284 Å². The summed E-state index contributed by atoms with van der Waals surface area (Å²) in [6, 6.07) is 6.70. The maximum atomic E-state index is 14.7. The van der Waals surface area contributed by atoms with Crippen LogP contribution in [0, 0.1) is 36.9 Å². The Hall–Kier alpha value is -5.61. The summed E-state index contributed by atoms with van der Waals surface area (Å²) in [4.78, 5) is 159. The SMILES string of the molecule is C=C(O)CN1CCN(CC(=O)O)CCN(CC(=O)O)CCN(CC(=O)CCCSCc2cc3cc(c2)CSC[C@@H](C(=O)O)NC(=O)[C@H](Cc2ccccc2)NC(=O)[C@H](CCC(N)=O)NC(=O)[C@H]([C@@H](C)O)NC(=O)[C@@H]2CCCN2C(=O)[C@@H]2CCCN2C[C@@H](NC(=O)CCCCC)CSC3)CC1.[Lu]. The van der Waals surface area contributed by atoms with Crippen LogP contribution < -0.4 is 32.3 Å². The zero-order chi connectivity index (χ0) is 72.7. The van der Waals surface area contributed by atoms with Gasteiger partial charge in [-0.15, -0.1) is 0 Å². The molecule has 6 rings (SSSR count). The van der Waals surface area contributed by atoms with Gasteiger partial charge in [-0.05, 0) is 86.4 Å². The summed E-state index contributed by atoms with van der Waals surface area (Å²) in [5.74, 6) is -5.73. The largest absolute Gasteiger partial charge is 0.512 e. The number of aliphatic hydroxyl groups excluding tert-OH is 2. The van der Waals surface area contributed by atoms with Gasteiger partial charge in [-0.25, -0.2) is 4.79 Å². The van der Waals surface area contributed by atoms with Crippen molar-refractivity contribution < 1.29 is 115 Å². The molecule has 3 saturated heterocycles. The molecule has 4 aliphatic heterocycles. The molecule has 0 aromatic heterocycles. The molecule has 101 heavy (non-hydrogen) atoms. The van der Waals surface area contributed by atoms with Crippen LogP contribution in [-0.2, 0) is 76.4 Å². The molecule has 2 bridgehead atoms. The van der Waals surface area contributed by atoms with E-state index in [1.165, 1.54) is 23.6 Å². The number of hydrogen-bond acceptors (Lipinski definition) is 21. The van der Waals surface area contributed by atoms with Crippen molar-refractivity contribution >= 4 is 100 Å². The van der Waals surface area contributed by atoms with Crippen molar-refractivity contribution in [3.05, 3.63) is 83.1 Å². The fraction of sp³-hybridized carbons (Fsp3) is 0.638. The van der Waals surface area contributed by atoms with Crippen molar-refractivity contribution in [1.29, 1.82) is 0 Å². The Morgan fingerprint density at radius 2 is 1.23 bits per heavy atom. The summed E-state index contributed by atoms with van der Waals surface area (Å²) in [6.45, 7) is 10.9. The standard InChI is InChI=1S/C69H104N12O16S3.Lu/c1-4-5-7-18-60(86)71-52-37-80-21-10-17-58(80)68(95)81-22-11-16-57(81)66(93)75-63(47(3)83)67(94)72-54(19-20-59(70)85)64(91)73-55(35-48-13-8-6-9-14-48)65(92)74-56(69(96)97)45-100-43-51-33-49(32-50(34-51)42-99-44-52)41-98-31-12-15-53(84)38-77-25-23-76(36-46(2)82)24-27-78(39-61(87)88)29-30-79(28-26-77)40-62(89)90;/h6,8-9,13-14,32-34,47,52,54-58,63,82-83H,2,4-5,7,10-12,15-31,35-45H2,1,3H3,(H2,70,85)(H,71,86)(H,72,94)(H,73,91)(H,74,92)(H,75,93)(H,87,88)(H,89,90)(H,96,97);/t47-,52-,54+,55+,56+,57+,58+,63+;/m1./s1. The van der Waals surface area contributed by atoms with Crippen LogP contribution in [0.4, 0.5) is 0 Å². The van der Waals surface area contributed by atoms with Gasteiger partial charge in [0.15, 0.2) is 0 Å². The number of Topliss-reactive ketones (excluding diaryl/α,β-unsaturated/α-hetero) is 1. The third kappa shape index (κ3) is 31.3. The molecule has 569 valence electrons. The van der Waals surface area contributed by atoms with E-state index in [1.54, 1.807) is 63.7 Å². The first-order valence-electron chi connectivity index (χ1n) is 34.7. The van der Waals surface area contributed by atoms with Crippen molar-refractivity contribution in [2.75, 3.05) is 115 Å². The first-order chi connectivity index (χ1) is 47.8. The molecule has 8 atom stereocenters. The smallest absolute Gasteiger partial charge is 0.327 e. The molecule has 0 unspecified atom stereocenters. The van der Waals surface area contributed by atoms with Crippen LogP contribution in [0.15, 0.2) is 60.9 Å². The van der Waals surface area contributed by atoms with Crippen molar-refractivity contribution in [3.63, 3.8) is 0 Å². The molecule has 0 aliphatic carbocycles. The van der Waals surface area contributed by atoms with Crippen LogP contribution in [0.1, 0.15) is 113 Å². The van der Waals surface area contributed by atoms with Gasteiger partial charge in [0.1, 0.15) is 36.0 Å². The number of thioether (sulfide) groups is 3. The number of primary amides is 1. The molecule has 12 N–H and O–H groups in total. The fourth-order valence-corrected chi connectivity index (χ4v) is 15.6. The van der Waals surface area contributed by atoms with Gasteiger partial charge < -0.3 is 62.8 Å². The van der Waals surface area contributed by atoms with Gasteiger partial charge in [0.05, 0.1) is 50.1 Å². The molecule has 32 heteroatoms. The number of fused-ring (bicyclic) bond motifs is 4. The normalized spacial score (nSPS) is 23.5. The minimum atomic E-state index is -1.65. The number of rotatable bonds is 26. The van der Waals surface area contributed by atoms with Crippen LogP contribution in [0.2, 0.25) is 0 Å². The Morgan fingerprint density at radius 3 is 1.81 bits per heavy atom. The van der Waals surface area contributed by atoms with E-state index in [0.29, 0.717) is 138 Å². The second-order valence-electron chi connectivity index (χ2n) is 26.3. The number of carboxylic acids is 3. The molecule has 3 fully saturated rings. The summed E-state index contributed by atoms with van der Waals surface area (Å²) < 4.78 is 0. The molecule has 2 aromatic carbocycles. The second-order valence-corrected chi connectivity index (χ2v) is 29.5. The number of benzene rings is 2. The number of aliphatic hydroxyl groups is 2. The summed E-state index contributed by atoms with van der Waals surface area (Å²) in [7, 11) is 0. The molecule has 4 aliphatic rings. The van der Waals surface area contributed by atoms with E-state index < -0.39 is 96.2 Å². The van der Waals surface area contributed by atoms with Gasteiger partial charge in [0.2, 0.25) is 41.4 Å². The Kier molecular flexibility index (Phi) is 38.8.